The molecular formula is C22H18INO6S. The van der Waals surface area contributed by atoms with Gasteiger partial charge in [0.1, 0.15) is 22.1 Å². The van der Waals surface area contributed by atoms with Crippen LogP contribution in [0, 0.1) is 3.57 Å². The Morgan fingerprint density at radius 3 is 2.58 bits per heavy atom. The van der Waals surface area contributed by atoms with E-state index in [1.165, 1.54) is 11.8 Å². The average molecular weight is 551 g/mol. The van der Waals surface area contributed by atoms with Crippen molar-refractivity contribution in [2.24, 2.45) is 4.99 Å². The summed E-state index contributed by atoms with van der Waals surface area (Å²) < 4.78 is 11.0. The molecule has 0 fully saturated rings. The van der Waals surface area contributed by atoms with E-state index in [2.05, 4.69) is 4.99 Å². The van der Waals surface area contributed by atoms with Crippen molar-refractivity contribution in [2.75, 3.05) is 13.2 Å². The van der Waals surface area contributed by atoms with Gasteiger partial charge in [-0.15, -0.1) is 0 Å². The number of hydrogen-bond donors (Lipinski definition) is 2. The number of para-hydroxylation sites is 1. The zero-order valence-corrected chi connectivity index (χ0v) is 19.3. The van der Waals surface area contributed by atoms with Gasteiger partial charge >= 0.3 is 11.9 Å². The van der Waals surface area contributed by atoms with Gasteiger partial charge in [-0.2, -0.15) is 0 Å². The highest BCUT2D eigenvalue weighted by atomic mass is 127. The molecule has 31 heavy (non-hydrogen) atoms. The van der Waals surface area contributed by atoms with Gasteiger partial charge in [0.05, 0.1) is 20.8 Å². The lowest BCUT2D eigenvalue weighted by Gasteiger charge is -2.07. The molecule has 0 aromatic heterocycles. The highest BCUT2D eigenvalue weighted by molar-refractivity contribution is 14.1. The number of carbonyl (C=O) groups excluding carboxylic acids is 1. The minimum atomic E-state index is -1.06. The predicted octanol–water partition coefficient (Wildman–Crippen LogP) is 4.95. The number of benzene rings is 2. The van der Waals surface area contributed by atoms with Crippen LogP contribution in [0.3, 0.4) is 0 Å². The lowest BCUT2D eigenvalue weighted by molar-refractivity contribution is -0.139. The van der Waals surface area contributed by atoms with E-state index in [1.807, 2.05) is 40.8 Å². The molecule has 0 saturated carbocycles. The number of aliphatic hydroxyl groups is 1. The molecular weight excluding hydrogens is 533 g/mol. The molecule has 0 amide bonds. The van der Waals surface area contributed by atoms with Crippen LogP contribution >= 0.6 is 34.4 Å². The van der Waals surface area contributed by atoms with Crippen molar-refractivity contribution in [2.45, 2.75) is 6.92 Å². The standard InChI is InChI=1S/C22H18INO6S/c1-2-29-22(28)19-20(27)17(31-21(19)24-14-6-4-3-5-7-14)11-13-8-9-16(15(23)10-13)30-12-18(25)26/h3-11,27H,2,12H2,1H3,(H,25,26)/b17-11-,24-21?. The van der Waals surface area contributed by atoms with Gasteiger partial charge < -0.3 is 19.7 Å². The predicted molar refractivity (Wildman–Crippen MR) is 128 cm³/mol. The molecule has 3 rings (SSSR count). The number of carboxylic acids is 1. The number of rotatable bonds is 7. The van der Waals surface area contributed by atoms with Crippen molar-refractivity contribution < 1.29 is 29.3 Å². The van der Waals surface area contributed by atoms with Crippen molar-refractivity contribution in [1.29, 1.82) is 0 Å². The minimum Gasteiger partial charge on any atom is -0.506 e. The van der Waals surface area contributed by atoms with E-state index in [1.54, 1.807) is 43.3 Å². The van der Waals surface area contributed by atoms with E-state index < -0.39 is 18.5 Å². The summed E-state index contributed by atoms with van der Waals surface area (Å²) in [7, 11) is 0. The topological polar surface area (TPSA) is 105 Å². The molecule has 0 saturated heterocycles. The number of aliphatic hydroxyl groups excluding tert-OH is 1. The highest BCUT2D eigenvalue weighted by Gasteiger charge is 2.33. The Kier molecular flexibility index (Phi) is 7.75. The molecule has 1 aliphatic rings. The van der Waals surface area contributed by atoms with E-state index in [0.717, 1.165) is 5.56 Å². The van der Waals surface area contributed by atoms with Crippen LogP contribution < -0.4 is 4.74 Å². The maximum absolute atomic E-state index is 12.5. The van der Waals surface area contributed by atoms with Crippen LogP contribution in [0.25, 0.3) is 6.08 Å². The maximum Gasteiger partial charge on any atom is 0.344 e. The molecule has 0 aliphatic carbocycles. The summed E-state index contributed by atoms with van der Waals surface area (Å²) in [6, 6.07) is 14.3. The van der Waals surface area contributed by atoms with E-state index in [9.17, 15) is 14.7 Å². The molecule has 9 heteroatoms. The number of thioether (sulfide) groups is 1. The Hall–Kier alpha value is -2.79. The second-order valence-electron chi connectivity index (χ2n) is 6.18. The summed E-state index contributed by atoms with van der Waals surface area (Å²) in [6.07, 6.45) is 1.72. The first kappa shape index (κ1) is 22.9. The number of aliphatic imine (C=N–C) groups is 1. The highest BCUT2D eigenvalue weighted by Crippen LogP contribution is 2.40. The molecule has 0 unspecified atom stereocenters. The first-order valence-electron chi connectivity index (χ1n) is 9.17. The summed E-state index contributed by atoms with van der Waals surface area (Å²) >= 11 is 3.21. The zero-order valence-electron chi connectivity index (χ0n) is 16.4. The Balaban J connectivity index is 1.94. The summed E-state index contributed by atoms with van der Waals surface area (Å²) in [5, 5.41) is 19.8. The summed E-state index contributed by atoms with van der Waals surface area (Å²) in [5.74, 6) is -1.45. The Labute approximate surface area is 196 Å². The monoisotopic (exact) mass is 551 g/mol. The fourth-order valence-corrected chi connectivity index (χ4v) is 4.36. The third-order valence-corrected chi connectivity index (χ3v) is 5.82. The SMILES string of the molecule is CCOC(=O)C1=C(O)/C(=C/c2ccc(OCC(=O)O)c(I)c2)SC1=Nc1ccccc1. The van der Waals surface area contributed by atoms with Crippen LogP contribution in [-0.4, -0.2) is 40.4 Å². The van der Waals surface area contributed by atoms with Gasteiger partial charge in [0.15, 0.2) is 6.61 Å². The fraction of sp³-hybridized carbons (Fsp3) is 0.136. The number of carbonyl (C=O) groups is 2. The molecule has 1 aliphatic heterocycles. The van der Waals surface area contributed by atoms with Crippen molar-refractivity contribution >= 4 is 63.1 Å². The summed E-state index contributed by atoms with van der Waals surface area (Å²) in [5.41, 5.74) is 1.42. The molecule has 2 aromatic carbocycles. The number of halogens is 1. The Bertz CT molecular complexity index is 1090. The zero-order chi connectivity index (χ0) is 22.4. The van der Waals surface area contributed by atoms with Crippen molar-refractivity contribution in [3.05, 3.63) is 73.9 Å². The number of nitrogens with zero attached hydrogens (tertiary/aromatic N) is 1. The Morgan fingerprint density at radius 1 is 1.19 bits per heavy atom. The largest absolute Gasteiger partial charge is 0.506 e. The number of aliphatic carboxylic acids is 1. The lowest BCUT2D eigenvalue weighted by Crippen LogP contribution is -2.12. The van der Waals surface area contributed by atoms with E-state index in [-0.39, 0.29) is 17.9 Å². The summed E-state index contributed by atoms with van der Waals surface area (Å²) in [6.45, 7) is 1.43. The number of hydrogen-bond acceptors (Lipinski definition) is 7. The van der Waals surface area contributed by atoms with Gasteiger partial charge in [-0.1, -0.05) is 36.0 Å². The van der Waals surface area contributed by atoms with Gasteiger partial charge in [-0.05, 0) is 65.4 Å². The molecule has 160 valence electrons. The van der Waals surface area contributed by atoms with Gasteiger partial charge in [-0.3, -0.25) is 0 Å². The molecule has 0 atom stereocenters. The quantitative estimate of drug-likeness (QED) is 0.371. The molecule has 0 radical (unpaired) electrons. The lowest BCUT2D eigenvalue weighted by atomic mass is 10.1. The van der Waals surface area contributed by atoms with Crippen molar-refractivity contribution in [3.63, 3.8) is 0 Å². The van der Waals surface area contributed by atoms with Crippen LogP contribution in [0.5, 0.6) is 5.75 Å². The average Bonchev–Trinajstić information content (AvgIpc) is 3.03. The Morgan fingerprint density at radius 2 is 1.94 bits per heavy atom. The second kappa shape index (κ2) is 10.5. The molecule has 1 heterocycles. The third-order valence-electron chi connectivity index (χ3n) is 3.96. The van der Waals surface area contributed by atoms with E-state index >= 15 is 0 Å². The van der Waals surface area contributed by atoms with Crippen molar-refractivity contribution in [1.82, 2.24) is 0 Å². The molecule has 7 nitrogen and oxygen atoms in total. The number of ether oxygens (including phenoxy) is 2. The minimum absolute atomic E-state index is 0.0260. The van der Waals surface area contributed by atoms with Gasteiger partial charge in [-0.25, -0.2) is 14.6 Å². The fourth-order valence-electron chi connectivity index (χ4n) is 2.63. The van der Waals surface area contributed by atoms with Crippen molar-refractivity contribution in [3.8, 4) is 5.75 Å². The third kappa shape index (κ3) is 5.88. The van der Waals surface area contributed by atoms with Gasteiger partial charge in [0.2, 0.25) is 0 Å². The van der Waals surface area contributed by atoms with Gasteiger partial charge in [0, 0.05) is 0 Å². The normalized spacial score (nSPS) is 16.1. The van der Waals surface area contributed by atoms with E-state index in [0.29, 0.717) is 25.0 Å². The van der Waals surface area contributed by atoms with Crippen LogP contribution in [0.1, 0.15) is 12.5 Å². The van der Waals surface area contributed by atoms with Gasteiger partial charge in [0.25, 0.3) is 0 Å². The molecule has 0 bridgehead atoms. The molecule has 2 aromatic rings. The molecule has 2 N–H and O–H groups in total. The maximum atomic E-state index is 12.5. The smallest absolute Gasteiger partial charge is 0.344 e. The number of carboxylic acid groups (broad SMARTS) is 1. The van der Waals surface area contributed by atoms with E-state index in [4.69, 9.17) is 14.6 Å². The first-order chi connectivity index (χ1) is 14.9. The summed E-state index contributed by atoms with van der Waals surface area (Å²) in [4.78, 5) is 28.1. The van der Waals surface area contributed by atoms with Crippen LogP contribution in [0.2, 0.25) is 0 Å². The van der Waals surface area contributed by atoms with Crippen LogP contribution in [-0.2, 0) is 14.3 Å². The first-order valence-corrected chi connectivity index (χ1v) is 11.1. The second-order valence-corrected chi connectivity index (χ2v) is 8.37. The molecule has 0 spiro atoms. The van der Waals surface area contributed by atoms with Crippen LogP contribution in [0.15, 0.2) is 69.8 Å². The number of esters is 1. The van der Waals surface area contributed by atoms with Crippen LogP contribution in [0.4, 0.5) is 5.69 Å².